The van der Waals surface area contributed by atoms with E-state index >= 15 is 0 Å². The van der Waals surface area contributed by atoms with Crippen LogP contribution in [-0.4, -0.2) is 27.7 Å². The van der Waals surface area contributed by atoms with Crippen molar-refractivity contribution in [3.63, 3.8) is 0 Å². The number of nitrogens with one attached hydrogen (secondary N) is 2. The van der Waals surface area contributed by atoms with Gasteiger partial charge < -0.3 is 20.5 Å². The average molecular weight is 318 g/mol. The van der Waals surface area contributed by atoms with Gasteiger partial charge in [-0.15, -0.1) is 0 Å². The Labute approximate surface area is 130 Å². The lowest BCUT2D eigenvalue weighted by molar-refractivity contribution is 0.0691. The lowest BCUT2D eigenvalue weighted by atomic mass is 9.98. The van der Waals surface area contributed by atoms with E-state index in [-0.39, 0.29) is 23.2 Å². The average Bonchev–Trinajstić information content (AvgIpc) is 2.92. The van der Waals surface area contributed by atoms with Crippen molar-refractivity contribution in [2.45, 2.75) is 19.8 Å². The minimum atomic E-state index is -1.52. The minimum Gasteiger partial charge on any atom is -0.506 e. The van der Waals surface area contributed by atoms with Crippen LogP contribution in [0, 0.1) is 5.82 Å². The highest BCUT2D eigenvalue weighted by molar-refractivity contribution is 5.92. The summed E-state index contributed by atoms with van der Waals surface area (Å²) in [7, 11) is 0. The molecule has 4 N–H and O–H groups in total. The van der Waals surface area contributed by atoms with Gasteiger partial charge in [0.2, 0.25) is 0 Å². The van der Waals surface area contributed by atoms with E-state index in [0.29, 0.717) is 12.2 Å². The van der Waals surface area contributed by atoms with Crippen molar-refractivity contribution in [1.82, 2.24) is 4.98 Å². The van der Waals surface area contributed by atoms with E-state index < -0.39 is 28.7 Å². The molecule has 2 aromatic rings. The molecule has 3 rings (SSSR count). The fourth-order valence-electron chi connectivity index (χ4n) is 2.91. The molecule has 23 heavy (non-hydrogen) atoms. The summed E-state index contributed by atoms with van der Waals surface area (Å²) in [6.45, 7) is 2.40. The summed E-state index contributed by atoms with van der Waals surface area (Å²) in [6, 6.07) is 2.96. The summed E-state index contributed by atoms with van der Waals surface area (Å²) in [5.41, 5.74) is 0.394. The van der Waals surface area contributed by atoms with Crippen molar-refractivity contribution in [2.75, 3.05) is 11.9 Å². The van der Waals surface area contributed by atoms with Crippen LogP contribution < -0.4 is 10.9 Å². The topological polar surface area (TPSA) is 102 Å². The monoisotopic (exact) mass is 318 g/mol. The molecule has 6 nitrogen and oxygen atoms in total. The van der Waals surface area contributed by atoms with Crippen LogP contribution in [0.3, 0.4) is 0 Å². The molecule has 0 bridgehead atoms. The van der Waals surface area contributed by atoms with Crippen molar-refractivity contribution >= 4 is 11.7 Å². The number of fused-ring (bicyclic) bond motifs is 1. The number of pyridine rings is 1. The second kappa shape index (κ2) is 5.42. The van der Waals surface area contributed by atoms with E-state index in [9.17, 15) is 19.1 Å². The molecule has 1 aliphatic heterocycles. The van der Waals surface area contributed by atoms with Crippen LogP contribution in [0.4, 0.5) is 10.1 Å². The predicted octanol–water partition coefficient (Wildman–Crippen LogP) is 2.12. The summed E-state index contributed by atoms with van der Waals surface area (Å²) < 4.78 is 14.4. The Bertz CT molecular complexity index is 873. The highest BCUT2D eigenvalue weighted by atomic mass is 19.1. The normalized spacial score (nSPS) is 12.8. The van der Waals surface area contributed by atoms with Gasteiger partial charge >= 0.3 is 5.97 Å². The van der Waals surface area contributed by atoms with Gasteiger partial charge in [-0.1, -0.05) is 6.92 Å². The molecule has 0 unspecified atom stereocenters. The number of hydrogen-bond acceptors (Lipinski definition) is 4. The van der Waals surface area contributed by atoms with Gasteiger partial charge in [-0.2, -0.15) is 0 Å². The van der Waals surface area contributed by atoms with E-state index in [4.69, 9.17) is 5.11 Å². The first-order chi connectivity index (χ1) is 10.9. The molecule has 0 atom stereocenters. The van der Waals surface area contributed by atoms with E-state index in [1.54, 1.807) is 13.0 Å². The van der Waals surface area contributed by atoms with Gasteiger partial charge in [-0.25, -0.2) is 9.18 Å². The molecule has 1 aliphatic rings. The van der Waals surface area contributed by atoms with Crippen molar-refractivity contribution in [1.29, 1.82) is 0 Å². The number of anilines is 1. The number of aromatic nitrogens is 1. The first-order valence-electron chi connectivity index (χ1n) is 7.22. The van der Waals surface area contributed by atoms with Crippen molar-refractivity contribution < 1.29 is 19.4 Å². The molecule has 0 fully saturated rings. The Morgan fingerprint density at radius 1 is 1.39 bits per heavy atom. The molecule has 120 valence electrons. The summed E-state index contributed by atoms with van der Waals surface area (Å²) >= 11 is 0. The molecule has 2 heterocycles. The molecule has 0 saturated carbocycles. The van der Waals surface area contributed by atoms with Gasteiger partial charge in [0.15, 0.2) is 5.56 Å². The summed E-state index contributed by atoms with van der Waals surface area (Å²) in [4.78, 5) is 25.5. The second-order valence-electron chi connectivity index (χ2n) is 5.36. The lowest BCUT2D eigenvalue weighted by Crippen LogP contribution is -2.20. The number of aromatic hydroxyl groups is 1. The zero-order valence-corrected chi connectivity index (χ0v) is 12.4. The Kier molecular flexibility index (Phi) is 3.55. The van der Waals surface area contributed by atoms with Gasteiger partial charge in [0.25, 0.3) is 5.56 Å². The number of benzene rings is 1. The molecule has 0 amide bonds. The molecule has 1 aromatic heterocycles. The van der Waals surface area contributed by atoms with Crippen LogP contribution >= 0.6 is 0 Å². The first-order valence-corrected chi connectivity index (χ1v) is 7.22. The number of H-pyrrole nitrogens is 1. The van der Waals surface area contributed by atoms with Gasteiger partial charge in [0.1, 0.15) is 11.6 Å². The van der Waals surface area contributed by atoms with E-state index in [2.05, 4.69) is 10.3 Å². The van der Waals surface area contributed by atoms with Crippen molar-refractivity contribution in [3.05, 3.63) is 45.0 Å². The zero-order chi connectivity index (χ0) is 16.7. The number of rotatable bonds is 3. The summed E-state index contributed by atoms with van der Waals surface area (Å²) in [5.74, 6) is -2.69. The number of carbonyl (C=O) groups is 1. The third kappa shape index (κ3) is 2.34. The van der Waals surface area contributed by atoms with Crippen molar-refractivity contribution in [3.8, 4) is 17.0 Å². The standard InChI is InChI=1S/C16H15FN2O4/c1-2-8-13(19-15(21)12(14(8)20)16(22)23)9-5-7-3-4-18-11(7)6-10(9)17/h5-6,18H,2-4H2,1H3,(H,22,23)(H2,19,20,21). The number of carboxylic acid groups (broad SMARTS) is 1. The van der Waals surface area contributed by atoms with Crippen LogP contribution in [0.1, 0.15) is 28.4 Å². The van der Waals surface area contributed by atoms with Crippen LogP contribution in [0.2, 0.25) is 0 Å². The number of aromatic carboxylic acids is 1. The number of carboxylic acids is 1. The predicted molar refractivity (Wildman–Crippen MR) is 82.7 cm³/mol. The highest BCUT2D eigenvalue weighted by Gasteiger charge is 2.24. The molecule has 0 spiro atoms. The fraction of sp³-hybridized carbons (Fsp3) is 0.250. The third-order valence-corrected chi connectivity index (χ3v) is 4.03. The van der Waals surface area contributed by atoms with Gasteiger partial charge in [-0.05, 0) is 30.5 Å². The van der Waals surface area contributed by atoms with Crippen molar-refractivity contribution in [2.24, 2.45) is 0 Å². The maximum Gasteiger partial charge on any atom is 0.345 e. The smallest absolute Gasteiger partial charge is 0.345 e. The second-order valence-corrected chi connectivity index (χ2v) is 5.36. The van der Waals surface area contributed by atoms with E-state index in [0.717, 1.165) is 12.0 Å². The number of hydrogen-bond donors (Lipinski definition) is 4. The third-order valence-electron chi connectivity index (χ3n) is 4.03. The van der Waals surface area contributed by atoms with E-state index in [1.165, 1.54) is 6.07 Å². The first kappa shape index (κ1) is 15.1. The summed E-state index contributed by atoms with van der Waals surface area (Å²) in [6.07, 6.45) is 0.973. The SMILES string of the molecule is CCc1c(-c2cc3c(cc2F)NCC3)[nH]c(=O)c(C(=O)O)c1O. The zero-order valence-electron chi connectivity index (χ0n) is 12.4. The molecule has 0 radical (unpaired) electrons. The largest absolute Gasteiger partial charge is 0.506 e. The van der Waals surface area contributed by atoms with Crippen LogP contribution in [0.5, 0.6) is 5.75 Å². The number of aromatic amines is 1. The van der Waals surface area contributed by atoms with Gasteiger partial charge in [-0.3, -0.25) is 4.79 Å². The maximum atomic E-state index is 14.4. The fourth-order valence-corrected chi connectivity index (χ4v) is 2.91. The minimum absolute atomic E-state index is 0.118. The summed E-state index contributed by atoms with van der Waals surface area (Å²) in [5, 5.41) is 22.2. The quantitative estimate of drug-likeness (QED) is 0.694. The number of halogens is 1. The molecule has 7 heteroatoms. The Morgan fingerprint density at radius 2 is 2.13 bits per heavy atom. The molecular weight excluding hydrogens is 303 g/mol. The van der Waals surface area contributed by atoms with Crippen LogP contribution in [0.15, 0.2) is 16.9 Å². The highest BCUT2D eigenvalue weighted by Crippen LogP contribution is 2.35. The molecule has 0 saturated heterocycles. The Morgan fingerprint density at radius 3 is 2.78 bits per heavy atom. The Hall–Kier alpha value is -2.83. The maximum absolute atomic E-state index is 14.4. The van der Waals surface area contributed by atoms with Crippen LogP contribution in [0.25, 0.3) is 11.3 Å². The molecule has 1 aromatic carbocycles. The Balaban J connectivity index is 2.29. The molecular formula is C16H15FN2O4. The van der Waals surface area contributed by atoms with Crippen LogP contribution in [-0.2, 0) is 12.8 Å². The molecule has 0 aliphatic carbocycles. The lowest BCUT2D eigenvalue weighted by Gasteiger charge is -2.13. The van der Waals surface area contributed by atoms with E-state index in [1.807, 2.05) is 0 Å². The van der Waals surface area contributed by atoms with Gasteiger partial charge in [0.05, 0.1) is 5.69 Å². The van der Waals surface area contributed by atoms with Gasteiger partial charge in [0, 0.05) is 23.4 Å².